The summed E-state index contributed by atoms with van der Waals surface area (Å²) in [6, 6.07) is 0. The molecule has 13 aliphatic rings. The summed E-state index contributed by atoms with van der Waals surface area (Å²) in [7, 11) is 0. The van der Waals surface area contributed by atoms with Crippen molar-refractivity contribution in [1.82, 2.24) is 0 Å². The highest BCUT2D eigenvalue weighted by atomic mass is 16.8. The van der Waals surface area contributed by atoms with Gasteiger partial charge in [-0.3, -0.25) is 9.59 Å². The van der Waals surface area contributed by atoms with E-state index in [1.165, 1.54) is 13.8 Å². The minimum atomic E-state index is -2.23. The highest BCUT2D eigenvalue weighted by molar-refractivity contribution is 5.79. The van der Waals surface area contributed by atoms with E-state index in [2.05, 4.69) is 40.7 Å². The van der Waals surface area contributed by atoms with Crippen molar-refractivity contribution in [2.45, 2.75) is 360 Å². The lowest BCUT2D eigenvalue weighted by Crippen LogP contribution is -2.69. The summed E-state index contributed by atoms with van der Waals surface area (Å²) >= 11 is 0. The van der Waals surface area contributed by atoms with E-state index < -0.39 is 323 Å². The number of aliphatic hydroxyl groups is 19. The molecular formula is C77H120O41. The molecule has 0 radical (unpaired) electrons. The fraction of sp³-hybridized carbons (Fsp3) is 0.922. The van der Waals surface area contributed by atoms with Gasteiger partial charge in [-0.15, -0.1) is 0 Å². The van der Waals surface area contributed by atoms with Gasteiger partial charge in [0.25, 0.3) is 0 Å². The number of carboxylic acid groups (broad SMARTS) is 1. The molecule has 13 rings (SSSR count). The zero-order valence-corrected chi connectivity index (χ0v) is 67.0. The highest BCUT2D eigenvalue weighted by Gasteiger charge is 2.72. The van der Waals surface area contributed by atoms with Gasteiger partial charge in [-0.2, -0.15) is 0 Å². The molecule has 0 spiro atoms. The Morgan fingerprint density at radius 3 is 1.50 bits per heavy atom. The number of fused-ring (bicyclic) bond motifs is 7. The first-order valence-corrected chi connectivity index (χ1v) is 40.7. The molecule has 0 amide bonds. The van der Waals surface area contributed by atoms with E-state index >= 15 is 4.79 Å². The molecule has 8 saturated heterocycles. The lowest BCUT2D eigenvalue weighted by atomic mass is 9.33. The van der Waals surface area contributed by atoms with E-state index in [0.717, 1.165) is 18.8 Å². The van der Waals surface area contributed by atoms with Gasteiger partial charge in [-0.05, 0) is 117 Å². The predicted molar refractivity (Wildman–Crippen MR) is 383 cm³/mol. The van der Waals surface area contributed by atoms with E-state index in [1.807, 2.05) is 0 Å². The topological polar surface area (TPSA) is 630 Å². The Labute approximate surface area is 678 Å². The Morgan fingerprint density at radius 2 is 0.932 bits per heavy atom. The van der Waals surface area contributed by atoms with E-state index in [9.17, 15) is 117 Å². The van der Waals surface area contributed by atoms with Gasteiger partial charge >= 0.3 is 17.9 Å². The molecule has 46 unspecified atom stereocenters. The quantitative estimate of drug-likeness (QED) is 0.0220. The number of carbonyl (C=O) groups is 4. The first-order chi connectivity index (χ1) is 55.4. The van der Waals surface area contributed by atoms with Gasteiger partial charge < -0.3 is 187 Å². The van der Waals surface area contributed by atoms with Crippen LogP contribution in [0.15, 0.2) is 11.6 Å². The molecule has 4 saturated carbocycles. The van der Waals surface area contributed by atoms with Gasteiger partial charge in [0.1, 0.15) is 153 Å². The lowest BCUT2D eigenvalue weighted by Gasteiger charge is -2.71. The maximum atomic E-state index is 16.1. The maximum Gasteiger partial charge on any atom is 0.335 e. The third-order valence-electron chi connectivity index (χ3n) is 28.8. The maximum absolute atomic E-state index is 16.1. The second-order valence-corrected chi connectivity index (χ2v) is 36.4. The number of rotatable bonds is 21. The van der Waals surface area contributed by atoms with Crippen LogP contribution in [0.25, 0.3) is 0 Å². The van der Waals surface area contributed by atoms with E-state index in [4.69, 9.17) is 80.5 Å². The molecule has 8 aliphatic heterocycles. The minimum absolute atomic E-state index is 0.108. The van der Waals surface area contributed by atoms with Gasteiger partial charge in [0.15, 0.2) is 62.3 Å². The van der Waals surface area contributed by atoms with E-state index in [0.29, 0.717) is 51.4 Å². The second-order valence-electron chi connectivity index (χ2n) is 36.4. The number of hydrogen-bond acceptors (Lipinski definition) is 40. The van der Waals surface area contributed by atoms with Crippen LogP contribution in [0.3, 0.4) is 0 Å². The van der Waals surface area contributed by atoms with Crippen LogP contribution >= 0.6 is 0 Å². The number of ether oxygens (including phenoxy) is 17. The fourth-order valence-corrected chi connectivity index (χ4v) is 21.7. The largest absolute Gasteiger partial charge is 0.479 e. The smallest absolute Gasteiger partial charge is 0.335 e. The van der Waals surface area contributed by atoms with Crippen LogP contribution < -0.4 is 0 Å². The molecule has 0 aromatic heterocycles. The predicted octanol–water partition coefficient (Wildman–Crippen LogP) is -6.92. The van der Waals surface area contributed by atoms with Crippen LogP contribution in [0.4, 0.5) is 0 Å². The Hall–Kier alpha value is -3.54. The summed E-state index contributed by atoms with van der Waals surface area (Å²) in [5.41, 5.74) is -3.95. The van der Waals surface area contributed by atoms with Crippen LogP contribution in [0.5, 0.6) is 0 Å². The van der Waals surface area contributed by atoms with Crippen molar-refractivity contribution in [3.05, 3.63) is 11.6 Å². The van der Waals surface area contributed by atoms with E-state index in [-0.39, 0.29) is 24.2 Å². The van der Waals surface area contributed by atoms with Gasteiger partial charge in [0.05, 0.1) is 62.2 Å². The number of carbonyl (C=O) groups excluding carboxylic acids is 3. The number of aliphatic hydroxyl groups excluding tert-OH is 19. The first-order valence-electron chi connectivity index (χ1n) is 40.7. The molecule has 46 atom stereocenters. The van der Waals surface area contributed by atoms with Crippen molar-refractivity contribution < 1.29 is 202 Å². The molecule has 12 fully saturated rings. The molecule has 118 heavy (non-hydrogen) atoms. The first kappa shape index (κ1) is 92.1. The normalized spacial score (nSPS) is 53.6. The van der Waals surface area contributed by atoms with Gasteiger partial charge in [-0.25, -0.2) is 4.79 Å². The number of aldehydes is 1. The van der Waals surface area contributed by atoms with Gasteiger partial charge in [0.2, 0.25) is 6.29 Å². The third-order valence-corrected chi connectivity index (χ3v) is 28.8. The van der Waals surface area contributed by atoms with E-state index in [1.54, 1.807) is 6.92 Å². The molecule has 0 bridgehead atoms. The monoisotopic (exact) mass is 1700 g/mol. The Kier molecular flexibility index (Phi) is 27.6. The number of carboxylic acids is 1. The lowest BCUT2D eigenvalue weighted by molar-refractivity contribution is -0.397. The molecule has 5 aliphatic carbocycles. The zero-order chi connectivity index (χ0) is 86.0. The standard InChI is InChI=1S/C77H120O41/c1-27-54(107-29(3)81)50(95)60(116-68-53(98)58(114-66-48(93)44(89)42(87)35(21-78)108-66)55(28(2)105-68)111-65-52(97)56(34(84)25-104-65)112-63-46(91)40(85)32(82)23-102-63)69(106-27)118-71(101)77-18-16-72(4,5)20-31(77)30-10-11-38-73(6)14-13-39(74(7,26-80)37(73)12-15-76(38,9)75(30,8)17-19-77)110-70-61(117-67-49(94)45(90)43(88)36(22-79)109-67)57(51(96)59(115-70)62(99)100)113-64-47(92)41(86)33(83)24-103-64/h10,26-28,31-61,63-70,78-79,82-98H,11-25H2,1-9H3,(H,99,100). The van der Waals surface area contributed by atoms with Crippen LogP contribution in [0, 0.1) is 50.2 Å². The van der Waals surface area contributed by atoms with Gasteiger partial charge in [-0.1, -0.05) is 53.2 Å². The summed E-state index contributed by atoms with van der Waals surface area (Å²) in [5.74, 6) is -4.49. The molecule has 0 aromatic rings. The Balaban J connectivity index is 0.768. The average molecular weight is 1700 g/mol. The van der Waals surface area contributed by atoms with Crippen LogP contribution in [0.1, 0.15) is 127 Å². The number of allylic oxidation sites excluding steroid dienone is 2. The van der Waals surface area contributed by atoms with Crippen LogP contribution in [0.2, 0.25) is 0 Å². The van der Waals surface area contributed by atoms with Crippen molar-refractivity contribution in [3.63, 3.8) is 0 Å². The summed E-state index contributed by atoms with van der Waals surface area (Å²) in [4.78, 5) is 56.4. The Bertz CT molecular complexity index is 3510. The van der Waals surface area contributed by atoms with Crippen molar-refractivity contribution in [3.8, 4) is 0 Å². The zero-order valence-electron chi connectivity index (χ0n) is 67.0. The fourth-order valence-electron chi connectivity index (χ4n) is 21.7. The summed E-state index contributed by atoms with van der Waals surface area (Å²) in [6.45, 7) is 12.9. The average Bonchev–Trinajstić information content (AvgIpc) is 0.673. The molecule has 674 valence electrons. The van der Waals surface area contributed by atoms with Crippen LogP contribution in [-0.2, 0) is 99.7 Å². The number of esters is 2. The van der Waals surface area contributed by atoms with Gasteiger partial charge in [0, 0.05) is 6.92 Å². The molecular weight excluding hydrogens is 1580 g/mol. The number of hydrogen-bond donors (Lipinski definition) is 20. The summed E-state index contributed by atoms with van der Waals surface area (Å²) < 4.78 is 103. The van der Waals surface area contributed by atoms with Crippen molar-refractivity contribution in [2.75, 3.05) is 33.0 Å². The number of aliphatic carboxylic acids is 1. The second kappa shape index (κ2) is 35.4. The summed E-state index contributed by atoms with van der Waals surface area (Å²) in [6.07, 6.45) is -62.9. The molecule has 8 heterocycles. The van der Waals surface area contributed by atoms with Crippen LogP contribution in [-0.4, -0.2) is 393 Å². The van der Waals surface area contributed by atoms with Crippen molar-refractivity contribution in [2.24, 2.45) is 50.2 Å². The summed E-state index contributed by atoms with van der Waals surface area (Å²) in [5, 5.41) is 220. The highest BCUT2D eigenvalue weighted by Crippen LogP contribution is 2.76. The minimum Gasteiger partial charge on any atom is -0.479 e. The Morgan fingerprint density at radius 1 is 0.449 bits per heavy atom. The SMILES string of the molecule is CC(=O)OC1C(C)OC(OC(=O)C23CCC(C)(C)CC2C2=CCC4C5(C)CCC(OC6OC(C(=O)O)C(O)C(OC7OCC(O)C(O)C7O)C6OC6OC(CO)C(O)C(O)C6O)C(C)(C=O)C5CCC4(C)C2(C)CC3)C(OC2OC(C)C(OC3OCC(O)C(OC4OCC(O)C(O)C4O)C3O)C(OC3OC(CO)C(O)C(O)C3O)C2O)C1O. The molecule has 0 aromatic carbocycles. The molecule has 41 nitrogen and oxygen atoms in total. The van der Waals surface area contributed by atoms with Crippen molar-refractivity contribution >= 4 is 24.2 Å². The van der Waals surface area contributed by atoms with Crippen molar-refractivity contribution in [1.29, 1.82) is 0 Å². The third kappa shape index (κ3) is 16.4. The molecule has 41 heteroatoms. The molecule has 20 N–H and O–H groups in total.